The van der Waals surface area contributed by atoms with Crippen LogP contribution in [0.3, 0.4) is 0 Å². The summed E-state index contributed by atoms with van der Waals surface area (Å²) in [5, 5.41) is 2.62. The fourth-order valence-corrected chi connectivity index (χ4v) is 2.61. The van der Waals surface area contributed by atoms with Crippen molar-refractivity contribution in [3.63, 3.8) is 0 Å². The van der Waals surface area contributed by atoms with Crippen LogP contribution in [-0.4, -0.2) is 36.1 Å². The average Bonchev–Trinajstić information content (AvgIpc) is 2.97. The van der Waals surface area contributed by atoms with Crippen molar-refractivity contribution in [1.29, 1.82) is 0 Å². The molecule has 0 aromatic carbocycles. The lowest BCUT2D eigenvalue weighted by Gasteiger charge is -2.30. The molecule has 0 saturated carbocycles. The van der Waals surface area contributed by atoms with Crippen LogP contribution in [0.25, 0.3) is 0 Å². The van der Waals surface area contributed by atoms with Crippen molar-refractivity contribution < 1.29 is 27.5 Å². The molecule has 4 N–H and O–H groups in total. The van der Waals surface area contributed by atoms with Crippen LogP contribution >= 0.6 is 0 Å². The number of nitrogens with two attached hydrogens (primary N) is 1. The summed E-state index contributed by atoms with van der Waals surface area (Å²) in [5.41, 5.74) is 4.06. The number of carbonyl (C=O) groups excluding carboxylic acids is 2. The molecule has 1 atom stereocenters. The highest BCUT2D eigenvalue weighted by Gasteiger charge is 2.33. The van der Waals surface area contributed by atoms with Gasteiger partial charge < -0.3 is 20.8 Å². The highest BCUT2D eigenvalue weighted by Crippen LogP contribution is 2.28. The Morgan fingerprint density at radius 3 is 2.57 bits per heavy atom. The fraction of sp³-hybridized carbons (Fsp3) is 0.571. The molecule has 1 unspecified atom stereocenters. The van der Waals surface area contributed by atoms with E-state index in [2.05, 4.69) is 5.32 Å². The lowest BCUT2D eigenvalue weighted by atomic mass is 9.89. The number of primary amides is 1. The summed E-state index contributed by atoms with van der Waals surface area (Å²) in [7, 11) is 0. The molecule has 1 fully saturated rings. The van der Waals surface area contributed by atoms with E-state index >= 15 is 0 Å². The van der Waals surface area contributed by atoms with E-state index in [1.807, 2.05) is 4.98 Å². The highest BCUT2D eigenvalue weighted by molar-refractivity contribution is 5.94. The zero-order valence-corrected chi connectivity index (χ0v) is 12.3. The molecule has 1 aromatic rings. The molecule has 9 heteroatoms. The van der Waals surface area contributed by atoms with Gasteiger partial charge in [-0.3, -0.25) is 9.59 Å². The molecular weight excluding hydrogens is 315 g/mol. The Kier molecular flexibility index (Phi) is 5.30. The van der Waals surface area contributed by atoms with E-state index in [1.54, 1.807) is 0 Å². The smallest absolute Gasteiger partial charge is 0.381 e. The third-order valence-corrected chi connectivity index (χ3v) is 3.82. The predicted molar refractivity (Wildman–Crippen MR) is 74.4 cm³/mol. The van der Waals surface area contributed by atoms with Crippen molar-refractivity contribution in [2.45, 2.75) is 31.5 Å². The van der Waals surface area contributed by atoms with Gasteiger partial charge in [0.15, 0.2) is 0 Å². The van der Waals surface area contributed by atoms with E-state index in [0.717, 1.165) is 12.3 Å². The molecule has 1 aliphatic heterocycles. The Bertz CT molecular complexity index is 565. The molecule has 0 spiro atoms. The second kappa shape index (κ2) is 7.03. The van der Waals surface area contributed by atoms with Gasteiger partial charge in [0, 0.05) is 31.9 Å². The van der Waals surface area contributed by atoms with Crippen molar-refractivity contribution in [2.24, 2.45) is 11.7 Å². The number of rotatable bonds is 5. The number of halogens is 3. The topological polar surface area (TPSA) is 97.2 Å². The molecular formula is C14H18F3N3O3. The standard InChI is InChI=1S/C14H18F3N3O3/c15-14(16,17)11-5-9(7-19-11)13(22)20-10(6-12(18)21)8-1-3-23-4-2-8/h5,7-8,10,19H,1-4,6H2,(H2,18,21)(H,20,22). The van der Waals surface area contributed by atoms with Gasteiger partial charge in [-0.2, -0.15) is 13.2 Å². The summed E-state index contributed by atoms with van der Waals surface area (Å²) >= 11 is 0. The zero-order chi connectivity index (χ0) is 17.0. The van der Waals surface area contributed by atoms with Crippen molar-refractivity contribution in [1.82, 2.24) is 10.3 Å². The van der Waals surface area contributed by atoms with Crippen LogP contribution in [0.5, 0.6) is 0 Å². The van der Waals surface area contributed by atoms with Crippen LogP contribution < -0.4 is 11.1 Å². The SMILES string of the molecule is NC(=O)CC(NC(=O)c1c[nH]c(C(F)(F)F)c1)C1CCOCC1. The van der Waals surface area contributed by atoms with E-state index in [-0.39, 0.29) is 17.9 Å². The van der Waals surface area contributed by atoms with Gasteiger partial charge in [0.1, 0.15) is 5.69 Å². The van der Waals surface area contributed by atoms with Crippen LogP contribution in [0, 0.1) is 5.92 Å². The molecule has 1 saturated heterocycles. The largest absolute Gasteiger partial charge is 0.431 e. The van der Waals surface area contributed by atoms with Crippen LogP contribution in [0.1, 0.15) is 35.3 Å². The Morgan fingerprint density at radius 1 is 1.39 bits per heavy atom. The summed E-state index contributed by atoms with van der Waals surface area (Å²) in [5.74, 6) is -1.25. The first kappa shape index (κ1) is 17.3. The monoisotopic (exact) mass is 333 g/mol. The summed E-state index contributed by atoms with van der Waals surface area (Å²) in [6.07, 6.45) is -2.32. The minimum atomic E-state index is -4.55. The number of alkyl halides is 3. The Morgan fingerprint density at radius 2 is 2.04 bits per heavy atom. The lowest BCUT2D eigenvalue weighted by Crippen LogP contribution is -2.44. The first-order valence-corrected chi connectivity index (χ1v) is 7.20. The third-order valence-electron chi connectivity index (χ3n) is 3.82. The van der Waals surface area contributed by atoms with Gasteiger partial charge in [-0.1, -0.05) is 0 Å². The maximum atomic E-state index is 12.6. The molecule has 128 valence electrons. The molecule has 0 radical (unpaired) electrons. The Hall–Kier alpha value is -2.03. The molecule has 6 nitrogen and oxygen atoms in total. The zero-order valence-electron chi connectivity index (χ0n) is 12.3. The van der Waals surface area contributed by atoms with Gasteiger partial charge in [0.05, 0.1) is 5.56 Å². The molecule has 1 aromatic heterocycles. The van der Waals surface area contributed by atoms with Crippen LogP contribution in [0.2, 0.25) is 0 Å². The maximum absolute atomic E-state index is 12.6. The maximum Gasteiger partial charge on any atom is 0.431 e. The molecule has 1 aliphatic rings. The van der Waals surface area contributed by atoms with Crippen LogP contribution in [0.15, 0.2) is 12.3 Å². The van der Waals surface area contributed by atoms with Crippen molar-refractivity contribution in [3.05, 3.63) is 23.5 Å². The van der Waals surface area contributed by atoms with Gasteiger partial charge >= 0.3 is 6.18 Å². The number of nitrogens with one attached hydrogen (secondary N) is 2. The molecule has 23 heavy (non-hydrogen) atoms. The molecule has 2 rings (SSSR count). The van der Waals surface area contributed by atoms with Gasteiger partial charge in [-0.15, -0.1) is 0 Å². The number of hydrogen-bond donors (Lipinski definition) is 3. The Labute approximate surface area is 130 Å². The number of H-pyrrole nitrogens is 1. The van der Waals surface area contributed by atoms with E-state index in [1.165, 1.54) is 0 Å². The number of carbonyl (C=O) groups is 2. The van der Waals surface area contributed by atoms with Gasteiger partial charge in [-0.05, 0) is 24.8 Å². The van der Waals surface area contributed by atoms with Crippen molar-refractivity contribution >= 4 is 11.8 Å². The molecule has 0 aliphatic carbocycles. The normalized spacial score (nSPS) is 17.7. The minimum Gasteiger partial charge on any atom is -0.381 e. The predicted octanol–water partition coefficient (Wildman–Crippen LogP) is 1.43. The van der Waals surface area contributed by atoms with Crippen LogP contribution in [-0.2, 0) is 15.7 Å². The summed E-state index contributed by atoms with van der Waals surface area (Å²) in [6.45, 7) is 1.02. The van der Waals surface area contributed by atoms with Crippen molar-refractivity contribution in [2.75, 3.05) is 13.2 Å². The van der Waals surface area contributed by atoms with E-state index < -0.39 is 29.7 Å². The summed E-state index contributed by atoms with van der Waals surface area (Å²) in [4.78, 5) is 25.4. The second-order valence-electron chi connectivity index (χ2n) is 5.50. The second-order valence-corrected chi connectivity index (χ2v) is 5.50. The number of aromatic amines is 1. The molecule has 2 heterocycles. The average molecular weight is 333 g/mol. The van der Waals surface area contributed by atoms with Gasteiger partial charge in [-0.25, -0.2) is 0 Å². The number of ether oxygens (including phenoxy) is 1. The first-order chi connectivity index (χ1) is 10.8. The third kappa shape index (κ3) is 4.72. The van der Waals surface area contributed by atoms with Gasteiger partial charge in [0.2, 0.25) is 5.91 Å². The summed E-state index contributed by atoms with van der Waals surface area (Å²) < 4.78 is 42.9. The van der Waals surface area contributed by atoms with E-state index in [0.29, 0.717) is 26.1 Å². The van der Waals surface area contributed by atoms with E-state index in [9.17, 15) is 22.8 Å². The number of hydrogen-bond acceptors (Lipinski definition) is 3. The van der Waals surface area contributed by atoms with Crippen molar-refractivity contribution in [3.8, 4) is 0 Å². The number of amides is 2. The van der Waals surface area contributed by atoms with E-state index in [4.69, 9.17) is 10.5 Å². The minimum absolute atomic E-state index is 0.00114. The molecule has 2 amide bonds. The fourth-order valence-electron chi connectivity index (χ4n) is 2.61. The quantitative estimate of drug-likeness (QED) is 0.760. The van der Waals surface area contributed by atoms with Gasteiger partial charge in [0.25, 0.3) is 5.91 Å². The first-order valence-electron chi connectivity index (χ1n) is 7.20. The highest BCUT2D eigenvalue weighted by atomic mass is 19.4. The van der Waals surface area contributed by atoms with Crippen LogP contribution in [0.4, 0.5) is 13.2 Å². The number of aromatic nitrogens is 1. The molecule has 0 bridgehead atoms. The summed E-state index contributed by atoms with van der Waals surface area (Å²) in [6, 6.07) is 0.217. The lowest BCUT2D eigenvalue weighted by molar-refractivity contribution is -0.140. The Balaban J connectivity index is 2.07.